The minimum absolute atomic E-state index is 0.0834. The second-order valence-corrected chi connectivity index (χ2v) is 7.35. The van der Waals surface area contributed by atoms with Crippen LogP contribution in [-0.4, -0.2) is 53.9 Å². The van der Waals surface area contributed by atoms with E-state index in [-0.39, 0.29) is 24.2 Å². The molecule has 1 aliphatic rings. The van der Waals surface area contributed by atoms with Gasteiger partial charge < -0.3 is 10.2 Å². The highest BCUT2D eigenvalue weighted by Gasteiger charge is 2.34. The zero-order valence-corrected chi connectivity index (χ0v) is 16.7. The molecule has 1 aromatic carbocycles. The first-order valence-corrected chi connectivity index (χ1v) is 9.57. The van der Waals surface area contributed by atoms with E-state index in [4.69, 9.17) is 6.42 Å². The molecular formula is C22H23F3N4O. The van der Waals surface area contributed by atoms with E-state index in [0.29, 0.717) is 11.3 Å². The lowest BCUT2D eigenvalue weighted by atomic mass is 10.0. The van der Waals surface area contributed by atoms with Gasteiger partial charge in [0.1, 0.15) is 0 Å². The van der Waals surface area contributed by atoms with Crippen LogP contribution in [0.15, 0.2) is 36.5 Å². The molecule has 0 spiro atoms. The summed E-state index contributed by atoms with van der Waals surface area (Å²) in [5, 5.41) is 2.53. The first kappa shape index (κ1) is 21.8. The van der Waals surface area contributed by atoms with Gasteiger partial charge in [-0.15, -0.1) is 6.42 Å². The van der Waals surface area contributed by atoms with Gasteiger partial charge in [0.25, 0.3) is 0 Å². The fraction of sp³-hybridized carbons (Fsp3) is 0.364. The molecule has 1 amide bonds. The molecule has 0 aliphatic carbocycles. The summed E-state index contributed by atoms with van der Waals surface area (Å²) in [6.07, 6.45) is 2.23. The molecule has 0 unspecified atom stereocenters. The lowest BCUT2D eigenvalue weighted by Crippen LogP contribution is -2.44. The fourth-order valence-corrected chi connectivity index (χ4v) is 3.34. The van der Waals surface area contributed by atoms with Crippen LogP contribution in [0, 0.1) is 12.3 Å². The normalized spacial score (nSPS) is 15.6. The number of benzene rings is 1. The predicted octanol–water partition coefficient (Wildman–Crippen LogP) is 3.01. The summed E-state index contributed by atoms with van der Waals surface area (Å²) in [6.45, 7) is 3.31. The number of hydrogen-bond acceptors (Lipinski definition) is 4. The zero-order valence-electron chi connectivity index (χ0n) is 16.7. The van der Waals surface area contributed by atoms with Crippen molar-refractivity contribution in [1.29, 1.82) is 0 Å². The summed E-state index contributed by atoms with van der Waals surface area (Å²) in [7, 11) is 1.99. The highest BCUT2D eigenvalue weighted by molar-refractivity contribution is 5.92. The molecule has 2 aromatic rings. The third kappa shape index (κ3) is 5.81. The van der Waals surface area contributed by atoms with Crippen LogP contribution >= 0.6 is 0 Å². The number of amides is 1. The van der Waals surface area contributed by atoms with Crippen LogP contribution in [0.3, 0.4) is 0 Å². The molecule has 1 N–H and O–H groups in total. The van der Waals surface area contributed by atoms with Crippen molar-refractivity contribution in [3.8, 4) is 12.3 Å². The molecule has 0 atom stereocenters. The lowest BCUT2D eigenvalue weighted by Gasteiger charge is -2.33. The number of rotatable bonds is 5. The van der Waals surface area contributed by atoms with Crippen molar-refractivity contribution in [2.75, 3.05) is 38.5 Å². The van der Waals surface area contributed by atoms with Crippen molar-refractivity contribution < 1.29 is 18.0 Å². The Hall–Kier alpha value is -2.89. The molecule has 1 saturated heterocycles. The van der Waals surface area contributed by atoms with Crippen molar-refractivity contribution in [2.24, 2.45) is 0 Å². The highest BCUT2D eigenvalue weighted by atomic mass is 19.4. The second kappa shape index (κ2) is 9.28. The zero-order chi connectivity index (χ0) is 21.7. The topological polar surface area (TPSA) is 48.5 Å². The molecule has 8 heteroatoms. The molecule has 158 valence electrons. The Bertz CT molecular complexity index is 944. The summed E-state index contributed by atoms with van der Waals surface area (Å²) >= 11 is 0. The van der Waals surface area contributed by atoms with E-state index in [1.165, 1.54) is 18.3 Å². The predicted molar refractivity (Wildman–Crippen MR) is 109 cm³/mol. The summed E-state index contributed by atoms with van der Waals surface area (Å²) < 4.78 is 40.9. The third-order valence-electron chi connectivity index (χ3n) is 5.01. The van der Waals surface area contributed by atoms with E-state index in [0.717, 1.165) is 32.2 Å². The number of likely N-dealkylation sites (N-methyl/N-ethyl adjacent to an activating group) is 1. The Kier molecular flexibility index (Phi) is 6.75. The summed E-state index contributed by atoms with van der Waals surface area (Å²) in [4.78, 5) is 20.5. The molecule has 5 nitrogen and oxygen atoms in total. The fourth-order valence-electron chi connectivity index (χ4n) is 3.34. The average molecular weight is 416 g/mol. The van der Waals surface area contributed by atoms with E-state index in [1.54, 1.807) is 12.1 Å². The first-order chi connectivity index (χ1) is 14.2. The highest BCUT2D eigenvalue weighted by Crippen LogP contribution is 2.34. The first-order valence-electron chi connectivity index (χ1n) is 9.57. The van der Waals surface area contributed by atoms with Crippen LogP contribution in [0.25, 0.3) is 0 Å². The van der Waals surface area contributed by atoms with E-state index < -0.39 is 17.6 Å². The van der Waals surface area contributed by atoms with Crippen molar-refractivity contribution >= 4 is 11.6 Å². The van der Waals surface area contributed by atoms with Gasteiger partial charge >= 0.3 is 6.18 Å². The van der Waals surface area contributed by atoms with Gasteiger partial charge in [0.15, 0.2) is 0 Å². The Morgan fingerprint density at radius 1 is 1.20 bits per heavy atom. The van der Waals surface area contributed by atoms with Gasteiger partial charge in [-0.3, -0.25) is 14.7 Å². The number of anilines is 1. The largest absolute Gasteiger partial charge is 0.416 e. The summed E-state index contributed by atoms with van der Waals surface area (Å²) in [5.74, 6) is 1.99. The standard InChI is InChI=1S/C22H23F3N4O/c1-3-16-6-7-26-19(12-16)14-21(30)27-18-5-4-17(20(13-18)22(23,24)25)15-29-10-8-28(2)9-11-29/h1,4-7,12-13H,8-11,14-15H2,2H3,(H,27,30). The number of nitrogens with one attached hydrogen (secondary N) is 1. The van der Waals surface area contributed by atoms with Crippen molar-refractivity contribution in [1.82, 2.24) is 14.8 Å². The average Bonchev–Trinajstić information content (AvgIpc) is 2.70. The van der Waals surface area contributed by atoms with Crippen LogP contribution in [0.1, 0.15) is 22.4 Å². The number of nitrogens with zero attached hydrogens (tertiary/aromatic N) is 3. The summed E-state index contributed by atoms with van der Waals surface area (Å²) in [5.41, 5.74) is 0.605. The number of pyridine rings is 1. The van der Waals surface area contributed by atoms with E-state index in [9.17, 15) is 18.0 Å². The monoisotopic (exact) mass is 416 g/mol. The van der Waals surface area contributed by atoms with Crippen molar-refractivity contribution in [3.05, 3.63) is 58.9 Å². The molecular weight excluding hydrogens is 393 g/mol. The third-order valence-corrected chi connectivity index (χ3v) is 5.01. The van der Waals surface area contributed by atoms with Crippen molar-refractivity contribution in [3.63, 3.8) is 0 Å². The minimum atomic E-state index is -4.51. The smallest absolute Gasteiger partial charge is 0.326 e. The van der Waals surface area contributed by atoms with Gasteiger partial charge in [0.05, 0.1) is 17.7 Å². The van der Waals surface area contributed by atoms with Crippen LogP contribution in [0.2, 0.25) is 0 Å². The van der Waals surface area contributed by atoms with Gasteiger partial charge in [-0.25, -0.2) is 0 Å². The minimum Gasteiger partial charge on any atom is -0.326 e. The second-order valence-electron chi connectivity index (χ2n) is 7.35. The van der Waals surface area contributed by atoms with Crippen LogP contribution in [-0.2, 0) is 23.9 Å². The number of hydrogen-bond donors (Lipinski definition) is 1. The van der Waals surface area contributed by atoms with Gasteiger partial charge in [-0.2, -0.15) is 13.2 Å². The molecule has 1 fully saturated rings. The summed E-state index contributed by atoms with van der Waals surface area (Å²) in [6, 6.07) is 7.17. The molecule has 0 saturated carbocycles. The number of aromatic nitrogens is 1. The van der Waals surface area contributed by atoms with Crippen molar-refractivity contribution in [2.45, 2.75) is 19.1 Å². The molecule has 3 rings (SSSR count). The number of alkyl halides is 3. The van der Waals surface area contributed by atoms with E-state index in [2.05, 4.69) is 21.1 Å². The van der Waals surface area contributed by atoms with Gasteiger partial charge in [0, 0.05) is 50.2 Å². The Balaban J connectivity index is 1.72. The number of piperazine rings is 1. The maximum atomic E-state index is 13.6. The quantitative estimate of drug-likeness (QED) is 0.762. The van der Waals surface area contributed by atoms with Crippen LogP contribution < -0.4 is 5.32 Å². The number of halogens is 3. The molecule has 30 heavy (non-hydrogen) atoms. The van der Waals surface area contributed by atoms with E-state index in [1.807, 2.05) is 11.9 Å². The van der Waals surface area contributed by atoms with Gasteiger partial charge in [-0.1, -0.05) is 12.0 Å². The van der Waals surface area contributed by atoms with Crippen LogP contribution in [0.4, 0.5) is 18.9 Å². The Morgan fingerprint density at radius 2 is 1.93 bits per heavy atom. The molecule has 0 bridgehead atoms. The molecule has 1 aliphatic heterocycles. The maximum Gasteiger partial charge on any atom is 0.416 e. The van der Waals surface area contributed by atoms with Gasteiger partial charge in [0.2, 0.25) is 5.91 Å². The van der Waals surface area contributed by atoms with Gasteiger partial charge in [-0.05, 0) is 36.9 Å². The Morgan fingerprint density at radius 3 is 2.60 bits per heavy atom. The van der Waals surface area contributed by atoms with Crippen LogP contribution in [0.5, 0.6) is 0 Å². The number of carbonyl (C=O) groups is 1. The number of carbonyl (C=O) groups excluding carboxylic acids is 1. The Labute approximate surface area is 173 Å². The maximum absolute atomic E-state index is 13.6. The SMILES string of the molecule is C#Cc1ccnc(CC(=O)Nc2ccc(CN3CCN(C)CC3)c(C(F)(F)F)c2)c1. The molecule has 2 heterocycles. The van der Waals surface area contributed by atoms with E-state index >= 15 is 0 Å². The molecule has 1 aromatic heterocycles. The molecule has 0 radical (unpaired) electrons. The number of terminal acetylenes is 1. The lowest BCUT2D eigenvalue weighted by molar-refractivity contribution is -0.138.